The molecule has 2 atom stereocenters. The Morgan fingerprint density at radius 3 is 2.84 bits per heavy atom. The zero-order chi connectivity index (χ0) is 13.4. The lowest BCUT2D eigenvalue weighted by atomic mass is 10.00. The molecule has 1 fully saturated rings. The fourth-order valence-corrected chi connectivity index (χ4v) is 3.30. The molecular weight excluding hydrogens is 240 g/mol. The second-order valence-electron chi connectivity index (χ2n) is 6.10. The Bertz CT molecular complexity index is 443. The van der Waals surface area contributed by atoms with E-state index in [9.17, 15) is 5.11 Å². The summed E-state index contributed by atoms with van der Waals surface area (Å²) in [6.45, 7) is 6.45. The summed E-state index contributed by atoms with van der Waals surface area (Å²) in [5.41, 5.74) is 0. The zero-order valence-corrected chi connectivity index (χ0v) is 11.9. The van der Waals surface area contributed by atoms with E-state index in [4.69, 9.17) is 10.1 Å². The van der Waals surface area contributed by atoms with Gasteiger partial charge in [-0.2, -0.15) is 5.10 Å². The fourth-order valence-electron chi connectivity index (χ4n) is 3.30. The van der Waals surface area contributed by atoms with Crippen LogP contribution in [0, 0.1) is 0 Å². The summed E-state index contributed by atoms with van der Waals surface area (Å²) in [5, 5.41) is 14.4. The average molecular weight is 264 g/mol. The predicted molar refractivity (Wildman–Crippen MR) is 72.8 cm³/mol. The molecule has 0 spiro atoms. The van der Waals surface area contributed by atoms with Crippen molar-refractivity contribution in [3.8, 4) is 0 Å². The first-order chi connectivity index (χ1) is 9.15. The number of aromatic nitrogens is 3. The molecule has 5 nitrogen and oxygen atoms in total. The third-order valence-corrected chi connectivity index (χ3v) is 4.36. The van der Waals surface area contributed by atoms with Gasteiger partial charge in [0, 0.05) is 19.0 Å². The van der Waals surface area contributed by atoms with E-state index in [0.717, 1.165) is 37.6 Å². The lowest BCUT2D eigenvalue weighted by molar-refractivity contribution is 0.106. The third-order valence-electron chi connectivity index (χ3n) is 4.36. The van der Waals surface area contributed by atoms with E-state index in [1.165, 1.54) is 12.8 Å². The van der Waals surface area contributed by atoms with Crippen molar-refractivity contribution < 1.29 is 5.11 Å². The molecule has 0 radical (unpaired) electrons. The van der Waals surface area contributed by atoms with E-state index < -0.39 is 0 Å². The van der Waals surface area contributed by atoms with Gasteiger partial charge in [-0.1, -0.05) is 6.42 Å². The van der Waals surface area contributed by atoms with Gasteiger partial charge < -0.3 is 5.11 Å². The second kappa shape index (κ2) is 5.21. The Balaban J connectivity index is 1.84. The molecule has 106 valence electrons. The van der Waals surface area contributed by atoms with Crippen molar-refractivity contribution >= 4 is 0 Å². The molecule has 0 aliphatic carbocycles. The Kier molecular flexibility index (Phi) is 3.58. The van der Waals surface area contributed by atoms with Crippen LogP contribution >= 0.6 is 0 Å². The van der Waals surface area contributed by atoms with Gasteiger partial charge >= 0.3 is 0 Å². The highest BCUT2D eigenvalue weighted by molar-refractivity contribution is 5.03. The standard InChI is InChI=1S/C14H24N4O/c1-10(2)17-7-4-3-5-12(17)14-15-13-9-11(19)6-8-18(13)16-14/h10-12,19H,3-9H2,1-2H3. The van der Waals surface area contributed by atoms with Crippen molar-refractivity contribution in [1.82, 2.24) is 19.7 Å². The van der Waals surface area contributed by atoms with E-state index in [1.54, 1.807) is 0 Å². The number of nitrogens with zero attached hydrogens (tertiary/aromatic N) is 4. The fraction of sp³-hybridized carbons (Fsp3) is 0.857. The summed E-state index contributed by atoms with van der Waals surface area (Å²) < 4.78 is 2.00. The molecule has 0 bridgehead atoms. The highest BCUT2D eigenvalue weighted by Crippen LogP contribution is 2.31. The van der Waals surface area contributed by atoms with Crippen LogP contribution in [0.25, 0.3) is 0 Å². The smallest absolute Gasteiger partial charge is 0.168 e. The monoisotopic (exact) mass is 264 g/mol. The molecular formula is C14H24N4O. The molecule has 1 aromatic rings. The summed E-state index contributed by atoms with van der Waals surface area (Å²) in [6.07, 6.45) is 4.92. The number of hydrogen-bond acceptors (Lipinski definition) is 4. The van der Waals surface area contributed by atoms with Crippen molar-refractivity contribution in [3.05, 3.63) is 11.6 Å². The molecule has 3 rings (SSSR count). The van der Waals surface area contributed by atoms with Crippen LogP contribution in [0.2, 0.25) is 0 Å². The lowest BCUT2D eigenvalue weighted by Gasteiger charge is -2.36. The van der Waals surface area contributed by atoms with E-state index in [0.29, 0.717) is 18.5 Å². The van der Waals surface area contributed by atoms with Crippen LogP contribution in [0.1, 0.15) is 57.2 Å². The largest absolute Gasteiger partial charge is 0.393 e. The summed E-state index contributed by atoms with van der Waals surface area (Å²) in [4.78, 5) is 7.22. The first-order valence-corrected chi connectivity index (χ1v) is 7.52. The summed E-state index contributed by atoms with van der Waals surface area (Å²) in [7, 11) is 0. The van der Waals surface area contributed by atoms with Gasteiger partial charge in [0.2, 0.25) is 0 Å². The number of likely N-dealkylation sites (tertiary alicyclic amines) is 1. The van der Waals surface area contributed by atoms with Crippen LogP contribution in [0.5, 0.6) is 0 Å². The SMILES string of the molecule is CC(C)N1CCCCC1c1nc2n(n1)CCC(O)C2. The first-order valence-electron chi connectivity index (χ1n) is 7.52. The van der Waals surface area contributed by atoms with Crippen LogP contribution in [-0.4, -0.2) is 43.5 Å². The number of aryl methyl sites for hydroxylation is 1. The average Bonchev–Trinajstić information content (AvgIpc) is 2.81. The quantitative estimate of drug-likeness (QED) is 0.880. The minimum atomic E-state index is -0.239. The number of rotatable bonds is 2. The molecule has 2 aliphatic rings. The maximum absolute atomic E-state index is 9.72. The first kappa shape index (κ1) is 13.1. The zero-order valence-electron chi connectivity index (χ0n) is 11.9. The van der Waals surface area contributed by atoms with Gasteiger partial charge in [-0.05, 0) is 39.7 Å². The van der Waals surface area contributed by atoms with Crippen LogP contribution < -0.4 is 0 Å². The van der Waals surface area contributed by atoms with Gasteiger partial charge in [0.05, 0.1) is 12.1 Å². The Morgan fingerprint density at radius 2 is 2.05 bits per heavy atom. The molecule has 1 N–H and O–H groups in total. The van der Waals surface area contributed by atoms with Crippen molar-refractivity contribution in [2.24, 2.45) is 0 Å². The maximum atomic E-state index is 9.72. The summed E-state index contributed by atoms with van der Waals surface area (Å²) in [5.74, 6) is 1.93. The van der Waals surface area contributed by atoms with Crippen molar-refractivity contribution in [1.29, 1.82) is 0 Å². The highest BCUT2D eigenvalue weighted by Gasteiger charge is 2.30. The number of hydrogen-bond donors (Lipinski definition) is 1. The molecule has 0 saturated carbocycles. The van der Waals surface area contributed by atoms with Gasteiger partial charge in [0.1, 0.15) is 5.82 Å². The third kappa shape index (κ3) is 2.54. The highest BCUT2D eigenvalue weighted by atomic mass is 16.3. The molecule has 1 saturated heterocycles. The molecule has 0 amide bonds. The van der Waals surface area contributed by atoms with Crippen LogP contribution in [-0.2, 0) is 13.0 Å². The summed E-state index contributed by atoms with van der Waals surface area (Å²) in [6, 6.07) is 0.903. The van der Waals surface area contributed by atoms with Crippen molar-refractivity contribution in [2.75, 3.05) is 6.54 Å². The van der Waals surface area contributed by atoms with Crippen molar-refractivity contribution in [2.45, 2.75) is 70.7 Å². The van der Waals surface area contributed by atoms with Crippen LogP contribution in [0.4, 0.5) is 0 Å². The van der Waals surface area contributed by atoms with Gasteiger partial charge in [-0.15, -0.1) is 0 Å². The number of aliphatic hydroxyl groups excluding tert-OH is 1. The van der Waals surface area contributed by atoms with E-state index in [-0.39, 0.29) is 6.10 Å². The minimum absolute atomic E-state index is 0.239. The maximum Gasteiger partial charge on any atom is 0.168 e. The van der Waals surface area contributed by atoms with Gasteiger partial charge in [0.25, 0.3) is 0 Å². The van der Waals surface area contributed by atoms with Gasteiger partial charge in [-0.3, -0.25) is 4.90 Å². The van der Waals surface area contributed by atoms with E-state index >= 15 is 0 Å². The van der Waals surface area contributed by atoms with Crippen LogP contribution in [0.15, 0.2) is 0 Å². The summed E-state index contributed by atoms with van der Waals surface area (Å²) >= 11 is 0. The molecule has 19 heavy (non-hydrogen) atoms. The molecule has 3 heterocycles. The van der Waals surface area contributed by atoms with E-state index in [2.05, 4.69) is 18.7 Å². The second-order valence-corrected chi connectivity index (χ2v) is 6.10. The lowest BCUT2D eigenvalue weighted by Crippen LogP contribution is -2.39. The topological polar surface area (TPSA) is 54.2 Å². The van der Waals surface area contributed by atoms with Crippen molar-refractivity contribution in [3.63, 3.8) is 0 Å². The Hall–Kier alpha value is -0.940. The van der Waals surface area contributed by atoms with Gasteiger partial charge in [-0.25, -0.2) is 9.67 Å². The van der Waals surface area contributed by atoms with E-state index in [1.807, 2.05) is 4.68 Å². The molecule has 2 unspecified atom stereocenters. The number of aliphatic hydroxyl groups is 1. The van der Waals surface area contributed by atoms with Gasteiger partial charge in [0.15, 0.2) is 5.82 Å². The number of piperidine rings is 1. The Morgan fingerprint density at radius 1 is 1.21 bits per heavy atom. The molecule has 0 aromatic carbocycles. The minimum Gasteiger partial charge on any atom is -0.393 e. The Labute approximate surface area is 114 Å². The van der Waals surface area contributed by atoms with Crippen LogP contribution in [0.3, 0.4) is 0 Å². The molecule has 5 heteroatoms. The normalized spacial score (nSPS) is 28.6. The number of fused-ring (bicyclic) bond motifs is 1. The molecule has 1 aromatic heterocycles. The molecule has 2 aliphatic heterocycles. The predicted octanol–water partition coefficient (Wildman–Crippen LogP) is 1.52.